The van der Waals surface area contributed by atoms with Crippen LogP contribution in [0, 0.1) is 0 Å². The fraction of sp³-hybridized carbons (Fsp3) is 0.600. The van der Waals surface area contributed by atoms with Crippen LogP contribution in [0.25, 0.3) is 0 Å². The van der Waals surface area contributed by atoms with Gasteiger partial charge in [-0.05, 0) is 0 Å². The first kappa shape index (κ1) is 9.31. The molecular formula is C5H8Br2N2O2+2. The van der Waals surface area contributed by atoms with Crippen LogP contribution in [0.3, 0.4) is 0 Å². The van der Waals surface area contributed by atoms with Gasteiger partial charge in [-0.3, -0.25) is 0 Å². The van der Waals surface area contributed by atoms with Gasteiger partial charge in [-0.1, -0.05) is 3.51 Å². The largest absolute Gasteiger partial charge is 0.542 e. The van der Waals surface area contributed by atoms with Gasteiger partial charge in [0, 0.05) is 0 Å². The normalized spacial score (nSPS) is 45.1. The maximum Gasteiger partial charge on any atom is 0.542 e. The van der Waals surface area contributed by atoms with Gasteiger partial charge in [0.1, 0.15) is 0 Å². The molecule has 1 rings (SSSR count). The third-order valence-corrected chi connectivity index (χ3v) is 2.91. The zero-order valence-corrected chi connectivity index (χ0v) is 9.35. The number of imide groups is 1. The molecule has 2 unspecified atom stereocenters. The standard InChI is InChI=1S/C5H8Br2N2O2/c1-8(6)3-4(10)9(2,7)5(8)11/h3H2,1-2H3/q+2. The highest BCUT2D eigenvalue weighted by atomic mass is 79.9. The van der Waals surface area contributed by atoms with Crippen molar-refractivity contribution in [3.8, 4) is 0 Å². The zero-order chi connectivity index (χ0) is 8.86. The van der Waals surface area contributed by atoms with Gasteiger partial charge in [-0.15, -0.1) is 3.51 Å². The van der Waals surface area contributed by atoms with Crippen LogP contribution in [0.15, 0.2) is 0 Å². The molecule has 0 bridgehead atoms. The topological polar surface area (TPSA) is 34.1 Å². The number of likely N-dealkylation sites (N-methyl/N-ethyl adjacent to an activating group) is 2. The van der Waals surface area contributed by atoms with Crippen molar-refractivity contribution in [2.24, 2.45) is 0 Å². The average molecular weight is 288 g/mol. The first-order chi connectivity index (χ1) is 4.78. The molecule has 11 heavy (non-hydrogen) atoms. The predicted molar refractivity (Wildman–Crippen MR) is 45.5 cm³/mol. The Morgan fingerprint density at radius 2 is 1.73 bits per heavy atom. The summed E-state index contributed by atoms with van der Waals surface area (Å²) in [6, 6.07) is -0.213. The van der Waals surface area contributed by atoms with Gasteiger partial charge in [-0.2, -0.15) is 4.79 Å². The van der Waals surface area contributed by atoms with Crippen molar-refractivity contribution < 1.29 is 16.6 Å². The van der Waals surface area contributed by atoms with E-state index in [0.29, 0.717) is 0 Å². The molecule has 1 saturated heterocycles. The maximum atomic E-state index is 11.4. The van der Waals surface area contributed by atoms with Crippen LogP contribution < -0.4 is 0 Å². The van der Waals surface area contributed by atoms with Crippen molar-refractivity contribution in [2.45, 2.75) is 0 Å². The molecule has 6 heteroatoms. The van der Waals surface area contributed by atoms with E-state index in [0.717, 1.165) is 0 Å². The maximum absolute atomic E-state index is 11.4. The van der Waals surface area contributed by atoms with Gasteiger partial charge >= 0.3 is 11.9 Å². The molecule has 0 saturated carbocycles. The molecule has 0 aliphatic carbocycles. The number of quaternary nitrogens is 2. The van der Waals surface area contributed by atoms with E-state index in [1.54, 1.807) is 7.05 Å². The molecule has 0 spiro atoms. The lowest BCUT2D eigenvalue weighted by molar-refractivity contribution is -0.716. The summed E-state index contributed by atoms with van der Waals surface area (Å²) in [5.41, 5.74) is 0. The summed E-state index contributed by atoms with van der Waals surface area (Å²) >= 11 is 6.19. The molecule has 4 nitrogen and oxygen atoms in total. The summed E-state index contributed by atoms with van der Waals surface area (Å²) in [6.07, 6.45) is 0. The smallest absolute Gasteiger partial charge is 0.222 e. The van der Waals surface area contributed by atoms with E-state index in [9.17, 15) is 9.59 Å². The SMILES string of the molecule is C[N+]1(Br)CC(=O)[N+](C)(Br)C1=O. The lowest BCUT2D eigenvalue weighted by atomic mass is 10.6. The first-order valence-electron chi connectivity index (χ1n) is 2.98. The second-order valence-corrected chi connectivity index (χ2v) is 5.79. The van der Waals surface area contributed by atoms with Gasteiger partial charge in [0.15, 0.2) is 0 Å². The predicted octanol–water partition coefficient (Wildman–Crippen LogP) is 1.16. The molecule has 2 atom stereocenters. The summed E-state index contributed by atoms with van der Waals surface area (Å²) in [7, 11) is 3.17. The van der Waals surface area contributed by atoms with Crippen LogP contribution in [-0.4, -0.2) is 39.6 Å². The minimum absolute atomic E-state index is 0.0619. The highest BCUT2D eigenvalue weighted by molar-refractivity contribution is 9.06. The van der Waals surface area contributed by atoms with E-state index >= 15 is 0 Å². The fourth-order valence-corrected chi connectivity index (χ4v) is 2.16. The van der Waals surface area contributed by atoms with E-state index in [2.05, 4.69) is 32.3 Å². The summed E-state index contributed by atoms with van der Waals surface area (Å²) in [4.78, 5) is 22.6. The Morgan fingerprint density at radius 1 is 1.27 bits per heavy atom. The Morgan fingerprint density at radius 3 is 1.82 bits per heavy atom. The third-order valence-electron chi connectivity index (χ3n) is 1.66. The van der Waals surface area contributed by atoms with E-state index in [4.69, 9.17) is 0 Å². The summed E-state index contributed by atoms with van der Waals surface area (Å²) < 4.78 is -0.414. The first-order valence-corrected chi connectivity index (χ1v) is 4.40. The van der Waals surface area contributed by atoms with Crippen molar-refractivity contribution in [1.29, 1.82) is 0 Å². The number of hydrogen-bond acceptors (Lipinski definition) is 2. The lowest BCUT2D eigenvalue weighted by Crippen LogP contribution is -2.43. The molecule has 0 aromatic rings. The minimum Gasteiger partial charge on any atom is -0.222 e. The van der Waals surface area contributed by atoms with Gasteiger partial charge in [-0.25, -0.2) is 4.79 Å². The van der Waals surface area contributed by atoms with Crippen molar-refractivity contribution >= 4 is 44.2 Å². The molecule has 1 aliphatic heterocycles. The molecule has 1 heterocycles. The van der Waals surface area contributed by atoms with E-state index < -0.39 is 0 Å². The third kappa shape index (κ3) is 1.28. The quantitative estimate of drug-likeness (QED) is 0.495. The molecule has 0 radical (unpaired) electrons. The van der Waals surface area contributed by atoms with Gasteiger partial charge in [0.2, 0.25) is 38.8 Å². The molecule has 62 valence electrons. The number of amides is 3. The van der Waals surface area contributed by atoms with Gasteiger partial charge in [0.05, 0.1) is 14.1 Å². The number of halogens is 2. The van der Waals surface area contributed by atoms with Gasteiger partial charge < -0.3 is 0 Å². The van der Waals surface area contributed by atoms with Crippen molar-refractivity contribution in [2.75, 3.05) is 20.6 Å². The van der Waals surface area contributed by atoms with Crippen molar-refractivity contribution in [3.05, 3.63) is 0 Å². The Balaban J connectivity index is 3.09. The lowest BCUT2D eigenvalue weighted by Gasteiger charge is -2.11. The van der Waals surface area contributed by atoms with Crippen LogP contribution in [0.5, 0.6) is 0 Å². The van der Waals surface area contributed by atoms with Crippen molar-refractivity contribution in [3.63, 3.8) is 0 Å². The molecule has 3 amide bonds. The fourth-order valence-electron chi connectivity index (χ4n) is 0.953. The molecule has 0 aromatic heterocycles. The second kappa shape index (κ2) is 2.35. The van der Waals surface area contributed by atoms with Crippen LogP contribution in [0.2, 0.25) is 0 Å². The van der Waals surface area contributed by atoms with Gasteiger partial charge in [0.25, 0.3) is 0 Å². The molecule has 0 N–H and O–H groups in total. The minimum atomic E-state index is -0.352. The molecule has 1 aliphatic rings. The second-order valence-electron chi connectivity index (χ2n) is 2.80. The summed E-state index contributed by atoms with van der Waals surface area (Å²) in [6.45, 7) is 0.181. The zero-order valence-electron chi connectivity index (χ0n) is 6.17. The highest BCUT2D eigenvalue weighted by Gasteiger charge is 2.62. The highest BCUT2D eigenvalue weighted by Crippen LogP contribution is 2.31. The van der Waals surface area contributed by atoms with E-state index in [-0.39, 0.29) is 25.5 Å². The van der Waals surface area contributed by atoms with Crippen LogP contribution in [-0.2, 0) is 4.79 Å². The number of rotatable bonds is 0. The Bertz CT molecular complexity index is 237. The van der Waals surface area contributed by atoms with Crippen LogP contribution in [0.4, 0.5) is 4.79 Å². The summed E-state index contributed by atoms with van der Waals surface area (Å²) in [5, 5.41) is 0. The number of nitrogens with zero attached hydrogens (tertiary/aromatic N) is 2. The van der Waals surface area contributed by atoms with E-state index in [1.165, 1.54) is 7.05 Å². The number of carbonyl (C=O) groups excluding carboxylic acids is 2. The molecule has 1 fully saturated rings. The Labute approximate surface area is 81.6 Å². The number of carbonyl (C=O) groups is 2. The Kier molecular flexibility index (Phi) is 1.99. The van der Waals surface area contributed by atoms with E-state index in [1.807, 2.05) is 0 Å². The molecular weight excluding hydrogens is 280 g/mol. The van der Waals surface area contributed by atoms with Crippen LogP contribution >= 0.6 is 32.3 Å². The molecule has 0 aromatic carbocycles. The Hall–Kier alpha value is 0.220. The number of hydrogen-bond donors (Lipinski definition) is 0. The number of urea groups is 1. The summed E-state index contributed by atoms with van der Waals surface area (Å²) in [5.74, 6) is -0.144. The average Bonchev–Trinajstić information content (AvgIpc) is 1.94. The monoisotopic (exact) mass is 286 g/mol. The van der Waals surface area contributed by atoms with Crippen LogP contribution in [0.1, 0.15) is 0 Å². The van der Waals surface area contributed by atoms with Crippen molar-refractivity contribution in [1.82, 2.24) is 0 Å².